The van der Waals surface area contributed by atoms with Gasteiger partial charge in [-0.3, -0.25) is 4.79 Å². The van der Waals surface area contributed by atoms with Crippen LogP contribution in [-0.2, 0) is 11.3 Å². The average Bonchev–Trinajstić information content (AvgIpc) is 3.16. The fraction of sp³-hybridized carbons (Fsp3) is 0.667. The summed E-state index contributed by atoms with van der Waals surface area (Å²) in [7, 11) is 1.87. The van der Waals surface area contributed by atoms with Crippen molar-refractivity contribution >= 4 is 11.9 Å². The minimum absolute atomic E-state index is 0.165. The van der Waals surface area contributed by atoms with Gasteiger partial charge in [-0.2, -0.15) is 0 Å². The Morgan fingerprint density at radius 1 is 1.33 bits per heavy atom. The fourth-order valence-corrected chi connectivity index (χ4v) is 2.53. The predicted octanol–water partition coefficient (Wildman–Crippen LogP) is 0.787. The standard InChI is InChI=1S/C15H23N5O/c1-19(11-14(21)20-6-2-3-7-20)15-17-9-12(10-18-15)8-16-13-4-5-13/h9-10,13,16H,2-8,11H2,1H3. The number of aromatic nitrogens is 2. The van der Waals surface area contributed by atoms with E-state index >= 15 is 0 Å². The van der Waals surface area contributed by atoms with Crippen LogP contribution in [0.4, 0.5) is 5.95 Å². The molecule has 2 heterocycles. The van der Waals surface area contributed by atoms with Crippen LogP contribution in [0.1, 0.15) is 31.2 Å². The number of nitrogens with zero attached hydrogens (tertiary/aromatic N) is 4. The van der Waals surface area contributed by atoms with Gasteiger partial charge in [0, 0.05) is 50.7 Å². The summed E-state index contributed by atoms with van der Waals surface area (Å²) in [6.07, 6.45) is 8.48. The minimum atomic E-state index is 0.165. The number of hydrogen-bond donors (Lipinski definition) is 1. The summed E-state index contributed by atoms with van der Waals surface area (Å²) < 4.78 is 0. The number of hydrogen-bond acceptors (Lipinski definition) is 5. The van der Waals surface area contributed by atoms with Crippen molar-refractivity contribution in [2.24, 2.45) is 0 Å². The van der Waals surface area contributed by atoms with Crippen LogP contribution in [0, 0.1) is 0 Å². The Hall–Kier alpha value is -1.69. The smallest absolute Gasteiger partial charge is 0.242 e. The summed E-state index contributed by atoms with van der Waals surface area (Å²) in [6, 6.07) is 0.686. The van der Waals surface area contributed by atoms with E-state index in [4.69, 9.17) is 0 Å². The molecule has 1 aromatic heterocycles. The molecule has 0 unspecified atom stereocenters. The molecule has 1 aliphatic carbocycles. The first kappa shape index (κ1) is 14.3. The molecule has 1 amide bonds. The molecule has 2 aliphatic rings. The van der Waals surface area contributed by atoms with E-state index in [2.05, 4.69) is 15.3 Å². The molecule has 1 aliphatic heterocycles. The lowest BCUT2D eigenvalue weighted by atomic mass is 10.3. The first-order chi connectivity index (χ1) is 10.2. The number of nitrogens with one attached hydrogen (secondary N) is 1. The lowest BCUT2D eigenvalue weighted by molar-refractivity contribution is -0.128. The van der Waals surface area contributed by atoms with Crippen molar-refractivity contribution in [3.63, 3.8) is 0 Å². The summed E-state index contributed by atoms with van der Waals surface area (Å²) in [5, 5.41) is 3.44. The van der Waals surface area contributed by atoms with Gasteiger partial charge in [0.2, 0.25) is 11.9 Å². The number of amides is 1. The van der Waals surface area contributed by atoms with Crippen molar-refractivity contribution in [2.45, 2.75) is 38.3 Å². The molecule has 6 heteroatoms. The van der Waals surface area contributed by atoms with Gasteiger partial charge in [-0.1, -0.05) is 0 Å². The number of likely N-dealkylation sites (N-methyl/N-ethyl adjacent to an activating group) is 1. The van der Waals surface area contributed by atoms with Gasteiger partial charge in [-0.15, -0.1) is 0 Å². The summed E-state index contributed by atoms with van der Waals surface area (Å²) in [5.74, 6) is 0.774. The van der Waals surface area contributed by atoms with Gasteiger partial charge in [0.1, 0.15) is 0 Å². The fourth-order valence-electron chi connectivity index (χ4n) is 2.53. The molecule has 0 bridgehead atoms. The third-order valence-electron chi connectivity index (χ3n) is 4.04. The Labute approximate surface area is 125 Å². The van der Waals surface area contributed by atoms with Gasteiger partial charge in [0.15, 0.2) is 0 Å². The molecule has 3 rings (SSSR count). The Kier molecular flexibility index (Phi) is 4.34. The minimum Gasteiger partial charge on any atom is -0.341 e. The van der Waals surface area contributed by atoms with Gasteiger partial charge >= 0.3 is 0 Å². The molecule has 2 fully saturated rings. The second kappa shape index (κ2) is 6.39. The molecule has 0 spiro atoms. The van der Waals surface area contributed by atoms with Gasteiger partial charge in [-0.25, -0.2) is 9.97 Å². The number of likely N-dealkylation sites (tertiary alicyclic amines) is 1. The Balaban J connectivity index is 1.51. The number of carbonyl (C=O) groups is 1. The topological polar surface area (TPSA) is 61.4 Å². The zero-order chi connectivity index (χ0) is 14.7. The van der Waals surface area contributed by atoms with E-state index in [9.17, 15) is 4.79 Å². The molecule has 1 N–H and O–H groups in total. The molecule has 1 aromatic rings. The quantitative estimate of drug-likeness (QED) is 0.839. The van der Waals surface area contributed by atoms with E-state index in [1.165, 1.54) is 12.8 Å². The van der Waals surface area contributed by atoms with Crippen LogP contribution in [0.2, 0.25) is 0 Å². The van der Waals surface area contributed by atoms with Crippen molar-refractivity contribution in [2.75, 3.05) is 31.6 Å². The highest BCUT2D eigenvalue weighted by Gasteiger charge is 2.21. The van der Waals surface area contributed by atoms with Crippen molar-refractivity contribution in [3.05, 3.63) is 18.0 Å². The predicted molar refractivity (Wildman–Crippen MR) is 81.0 cm³/mol. The molecular formula is C15H23N5O. The highest BCUT2D eigenvalue weighted by atomic mass is 16.2. The summed E-state index contributed by atoms with van der Waals surface area (Å²) in [6.45, 7) is 2.94. The molecule has 0 radical (unpaired) electrons. The first-order valence-corrected chi connectivity index (χ1v) is 7.75. The van der Waals surface area contributed by atoms with E-state index in [1.807, 2.05) is 29.2 Å². The van der Waals surface area contributed by atoms with Crippen molar-refractivity contribution < 1.29 is 4.79 Å². The molecule has 0 aromatic carbocycles. The number of anilines is 1. The van der Waals surface area contributed by atoms with Crippen LogP contribution in [0.3, 0.4) is 0 Å². The van der Waals surface area contributed by atoms with Gasteiger partial charge in [0.05, 0.1) is 6.54 Å². The Morgan fingerprint density at radius 2 is 2.00 bits per heavy atom. The van der Waals surface area contributed by atoms with Crippen LogP contribution in [0.15, 0.2) is 12.4 Å². The lowest BCUT2D eigenvalue weighted by Gasteiger charge is -2.21. The third kappa shape index (κ3) is 3.91. The summed E-state index contributed by atoms with van der Waals surface area (Å²) >= 11 is 0. The SMILES string of the molecule is CN(CC(=O)N1CCCC1)c1ncc(CNC2CC2)cn1. The monoisotopic (exact) mass is 289 g/mol. The maximum absolute atomic E-state index is 12.1. The Morgan fingerprint density at radius 3 is 2.62 bits per heavy atom. The van der Waals surface area contributed by atoms with Crippen molar-refractivity contribution in [3.8, 4) is 0 Å². The lowest BCUT2D eigenvalue weighted by Crippen LogP contribution is -2.37. The van der Waals surface area contributed by atoms with E-state index < -0.39 is 0 Å². The molecule has 1 saturated carbocycles. The van der Waals surface area contributed by atoms with Crippen LogP contribution in [0.5, 0.6) is 0 Å². The van der Waals surface area contributed by atoms with E-state index in [-0.39, 0.29) is 5.91 Å². The first-order valence-electron chi connectivity index (χ1n) is 7.75. The maximum atomic E-state index is 12.1. The van der Waals surface area contributed by atoms with Crippen molar-refractivity contribution in [1.82, 2.24) is 20.2 Å². The van der Waals surface area contributed by atoms with Crippen LogP contribution >= 0.6 is 0 Å². The second-order valence-electron chi connectivity index (χ2n) is 5.99. The van der Waals surface area contributed by atoms with Crippen molar-refractivity contribution in [1.29, 1.82) is 0 Å². The molecular weight excluding hydrogens is 266 g/mol. The van der Waals surface area contributed by atoms with Crippen LogP contribution < -0.4 is 10.2 Å². The van der Waals surface area contributed by atoms with Gasteiger partial charge in [-0.05, 0) is 25.7 Å². The molecule has 1 saturated heterocycles. The summed E-state index contributed by atoms with van der Waals surface area (Å²) in [5.41, 5.74) is 1.09. The normalized spacial score (nSPS) is 18.0. The number of carbonyl (C=O) groups excluding carboxylic acids is 1. The maximum Gasteiger partial charge on any atom is 0.242 e. The van der Waals surface area contributed by atoms with E-state index in [0.717, 1.165) is 38.0 Å². The summed E-state index contributed by atoms with van der Waals surface area (Å²) in [4.78, 5) is 24.6. The van der Waals surface area contributed by atoms with Gasteiger partial charge < -0.3 is 15.1 Å². The highest BCUT2D eigenvalue weighted by molar-refractivity contribution is 5.81. The van der Waals surface area contributed by atoms with E-state index in [1.54, 1.807) is 0 Å². The zero-order valence-corrected chi connectivity index (χ0v) is 12.6. The molecule has 21 heavy (non-hydrogen) atoms. The molecule has 0 atom stereocenters. The number of rotatable bonds is 6. The van der Waals surface area contributed by atoms with Crippen LogP contribution in [0.25, 0.3) is 0 Å². The average molecular weight is 289 g/mol. The largest absolute Gasteiger partial charge is 0.341 e. The Bertz CT molecular complexity index is 479. The van der Waals surface area contributed by atoms with Crippen LogP contribution in [-0.4, -0.2) is 53.5 Å². The highest BCUT2D eigenvalue weighted by Crippen LogP contribution is 2.19. The zero-order valence-electron chi connectivity index (χ0n) is 12.6. The molecule has 6 nitrogen and oxygen atoms in total. The van der Waals surface area contributed by atoms with Gasteiger partial charge in [0.25, 0.3) is 0 Å². The second-order valence-corrected chi connectivity index (χ2v) is 5.99. The van der Waals surface area contributed by atoms with E-state index in [0.29, 0.717) is 18.5 Å². The molecule has 114 valence electrons. The third-order valence-corrected chi connectivity index (χ3v) is 4.04.